The van der Waals surface area contributed by atoms with Crippen LogP contribution in [0.1, 0.15) is 15.9 Å². The number of amides is 1. The number of hydrogen-bond donors (Lipinski definition) is 1. The number of morpholine rings is 2. The molecule has 0 aliphatic carbocycles. The van der Waals surface area contributed by atoms with Gasteiger partial charge in [-0.1, -0.05) is 29.3 Å². The number of β-amino-alcohol motifs (C(OH)–C–C–N with tert-alkyl or cyclic N) is 1. The molecule has 2 aromatic rings. The Kier molecular flexibility index (Phi) is 10.6. The first-order valence-corrected chi connectivity index (χ1v) is 13.4. The summed E-state index contributed by atoms with van der Waals surface area (Å²) in [7, 11) is 0. The molecular weight excluding hydrogens is 494 g/mol. The Bertz CT molecular complexity index is 969. The highest BCUT2D eigenvalue weighted by Gasteiger charge is 2.27. The summed E-state index contributed by atoms with van der Waals surface area (Å²) < 4.78 is 17.2. The van der Waals surface area contributed by atoms with Crippen molar-refractivity contribution in [2.45, 2.75) is 19.1 Å². The van der Waals surface area contributed by atoms with Crippen molar-refractivity contribution in [1.82, 2.24) is 14.7 Å². The number of carbonyl (C=O) groups excluding carboxylic acids is 1. The molecule has 37 heavy (non-hydrogen) atoms. The molecule has 8 nitrogen and oxygen atoms in total. The predicted octanol–water partition coefficient (Wildman–Crippen LogP) is 2.56. The van der Waals surface area contributed by atoms with Gasteiger partial charge in [-0.3, -0.25) is 14.6 Å². The average molecular weight is 532 g/mol. The van der Waals surface area contributed by atoms with Gasteiger partial charge in [-0.15, -0.1) is 0 Å². The Morgan fingerprint density at radius 1 is 1.08 bits per heavy atom. The molecule has 2 heterocycles. The van der Waals surface area contributed by atoms with E-state index < -0.39 is 6.10 Å². The predicted molar refractivity (Wildman–Crippen MR) is 143 cm³/mol. The molecule has 1 N–H and O–H groups in total. The number of hydrogen-bond acceptors (Lipinski definition) is 7. The highest BCUT2D eigenvalue weighted by molar-refractivity contribution is 6.30. The molecule has 2 atom stereocenters. The number of carbonyl (C=O) groups is 1. The van der Waals surface area contributed by atoms with Gasteiger partial charge in [-0.2, -0.15) is 0 Å². The Labute approximate surface area is 224 Å². The van der Waals surface area contributed by atoms with Crippen LogP contribution in [0.5, 0.6) is 5.75 Å². The van der Waals surface area contributed by atoms with Crippen LogP contribution < -0.4 is 4.74 Å². The van der Waals surface area contributed by atoms with Crippen LogP contribution in [0.15, 0.2) is 48.5 Å². The fraction of sp³-hybridized carbons (Fsp3) is 0.536. The normalized spacial score (nSPS) is 19.9. The quantitative estimate of drug-likeness (QED) is 0.477. The molecule has 2 aromatic carbocycles. The fourth-order valence-electron chi connectivity index (χ4n) is 4.62. The largest absolute Gasteiger partial charge is 0.491 e. The van der Waals surface area contributed by atoms with Crippen LogP contribution in [-0.4, -0.2) is 117 Å². The molecule has 0 saturated carbocycles. The van der Waals surface area contributed by atoms with E-state index in [2.05, 4.69) is 9.80 Å². The maximum absolute atomic E-state index is 13.5. The Morgan fingerprint density at radius 2 is 1.78 bits per heavy atom. The van der Waals surface area contributed by atoms with E-state index in [4.69, 9.17) is 25.8 Å². The van der Waals surface area contributed by atoms with Crippen molar-refractivity contribution in [3.8, 4) is 5.75 Å². The number of aryl methyl sites for hydroxylation is 1. The number of ether oxygens (including phenoxy) is 3. The third-order valence-corrected chi connectivity index (χ3v) is 7.00. The van der Waals surface area contributed by atoms with E-state index in [1.807, 2.05) is 36.1 Å². The zero-order chi connectivity index (χ0) is 26.0. The van der Waals surface area contributed by atoms with Gasteiger partial charge < -0.3 is 24.2 Å². The summed E-state index contributed by atoms with van der Waals surface area (Å²) in [6.07, 6.45) is -0.765. The highest BCUT2D eigenvalue weighted by Crippen LogP contribution is 2.16. The van der Waals surface area contributed by atoms with Crippen molar-refractivity contribution in [3.05, 3.63) is 64.7 Å². The van der Waals surface area contributed by atoms with Crippen molar-refractivity contribution in [2.75, 3.05) is 78.8 Å². The molecule has 0 bridgehead atoms. The molecule has 2 aliphatic rings. The maximum Gasteiger partial charge on any atom is 0.253 e. The fourth-order valence-corrected chi connectivity index (χ4v) is 4.74. The van der Waals surface area contributed by atoms with Gasteiger partial charge in [-0.25, -0.2) is 0 Å². The van der Waals surface area contributed by atoms with Crippen molar-refractivity contribution >= 4 is 17.5 Å². The Balaban J connectivity index is 1.31. The monoisotopic (exact) mass is 531 g/mol. The van der Waals surface area contributed by atoms with E-state index >= 15 is 0 Å². The molecule has 2 aliphatic heterocycles. The zero-order valence-electron chi connectivity index (χ0n) is 21.6. The van der Waals surface area contributed by atoms with Crippen LogP contribution in [0.2, 0.25) is 5.02 Å². The number of halogens is 1. The lowest BCUT2D eigenvalue weighted by molar-refractivity contribution is -0.0545. The van der Waals surface area contributed by atoms with Crippen LogP contribution >= 0.6 is 11.6 Å². The van der Waals surface area contributed by atoms with E-state index in [0.717, 1.165) is 45.0 Å². The molecule has 0 spiro atoms. The number of benzene rings is 2. The summed E-state index contributed by atoms with van der Waals surface area (Å²) in [6, 6.07) is 14.8. The summed E-state index contributed by atoms with van der Waals surface area (Å²) in [5.41, 5.74) is 1.82. The van der Waals surface area contributed by atoms with Gasteiger partial charge in [-0.05, 0) is 43.3 Å². The number of nitrogens with zero attached hydrogens (tertiary/aromatic N) is 3. The third-order valence-electron chi connectivity index (χ3n) is 6.75. The van der Waals surface area contributed by atoms with Crippen molar-refractivity contribution in [1.29, 1.82) is 0 Å². The molecule has 0 aromatic heterocycles. The van der Waals surface area contributed by atoms with Crippen molar-refractivity contribution in [3.63, 3.8) is 0 Å². The van der Waals surface area contributed by atoms with E-state index in [1.165, 1.54) is 0 Å². The molecule has 202 valence electrons. The summed E-state index contributed by atoms with van der Waals surface area (Å²) in [6.45, 7) is 9.80. The first-order valence-electron chi connectivity index (χ1n) is 13.0. The van der Waals surface area contributed by atoms with Gasteiger partial charge in [0.2, 0.25) is 0 Å². The van der Waals surface area contributed by atoms with Crippen LogP contribution in [0.4, 0.5) is 0 Å². The first-order chi connectivity index (χ1) is 18.0. The van der Waals surface area contributed by atoms with Crippen molar-refractivity contribution in [2.24, 2.45) is 0 Å². The standard InChI is InChI=1S/C28H38ClN3O5/c1-22-2-4-23(5-3-22)28(34)32(11-10-30-12-15-35-16-13-30)20-27-19-31(14-17-36-27)18-25(33)21-37-26-8-6-24(29)7-9-26/h2-9,25,27,33H,10-21H2,1H3/t25-,27+/m1/s1. The van der Waals surface area contributed by atoms with Gasteiger partial charge in [0.05, 0.1) is 25.9 Å². The maximum atomic E-state index is 13.5. The van der Waals surface area contributed by atoms with Gasteiger partial charge in [0.15, 0.2) is 0 Å². The summed E-state index contributed by atoms with van der Waals surface area (Å²) in [4.78, 5) is 19.9. The molecule has 4 rings (SSSR count). The van der Waals surface area contributed by atoms with E-state index in [1.54, 1.807) is 24.3 Å². The second-order valence-electron chi connectivity index (χ2n) is 9.74. The molecule has 0 radical (unpaired) electrons. The van der Waals surface area contributed by atoms with E-state index in [0.29, 0.717) is 49.1 Å². The average Bonchev–Trinajstić information content (AvgIpc) is 2.91. The van der Waals surface area contributed by atoms with E-state index in [-0.39, 0.29) is 18.6 Å². The van der Waals surface area contributed by atoms with E-state index in [9.17, 15) is 9.90 Å². The second kappa shape index (κ2) is 14.1. The number of aliphatic hydroxyl groups excluding tert-OH is 1. The second-order valence-corrected chi connectivity index (χ2v) is 10.2. The molecule has 1 amide bonds. The van der Waals surface area contributed by atoms with Crippen LogP contribution in [-0.2, 0) is 9.47 Å². The van der Waals surface area contributed by atoms with Gasteiger partial charge in [0, 0.05) is 62.9 Å². The lowest BCUT2D eigenvalue weighted by Gasteiger charge is -2.37. The van der Waals surface area contributed by atoms with Gasteiger partial charge >= 0.3 is 0 Å². The lowest BCUT2D eigenvalue weighted by atomic mass is 10.1. The molecule has 2 fully saturated rings. The third kappa shape index (κ3) is 8.95. The minimum atomic E-state index is -0.638. The minimum Gasteiger partial charge on any atom is -0.491 e. The minimum absolute atomic E-state index is 0.0189. The Morgan fingerprint density at radius 3 is 2.51 bits per heavy atom. The first kappa shape index (κ1) is 27.8. The molecule has 0 unspecified atom stereocenters. The highest BCUT2D eigenvalue weighted by atomic mass is 35.5. The molecule has 2 saturated heterocycles. The summed E-state index contributed by atoms with van der Waals surface area (Å²) >= 11 is 5.92. The lowest BCUT2D eigenvalue weighted by Crippen LogP contribution is -2.52. The van der Waals surface area contributed by atoms with Gasteiger partial charge in [0.1, 0.15) is 18.5 Å². The summed E-state index contributed by atoms with van der Waals surface area (Å²) in [5.74, 6) is 0.694. The van der Waals surface area contributed by atoms with Crippen LogP contribution in [0, 0.1) is 6.92 Å². The molecule has 9 heteroatoms. The number of aliphatic hydroxyl groups is 1. The summed E-state index contributed by atoms with van der Waals surface area (Å²) in [5, 5.41) is 11.2. The number of rotatable bonds is 11. The Hall–Kier alpha value is -2.20. The smallest absolute Gasteiger partial charge is 0.253 e. The SMILES string of the molecule is Cc1ccc(C(=O)N(CCN2CCOCC2)C[C@@H]2CN(C[C@@H](O)COc3ccc(Cl)cc3)CCO2)cc1. The van der Waals surface area contributed by atoms with Crippen LogP contribution in [0.3, 0.4) is 0 Å². The topological polar surface area (TPSA) is 74.7 Å². The zero-order valence-corrected chi connectivity index (χ0v) is 22.3. The van der Waals surface area contributed by atoms with Gasteiger partial charge in [0.25, 0.3) is 5.91 Å². The molecular formula is C28H38ClN3O5. The van der Waals surface area contributed by atoms with Crippen molar-refractivity contribution < 1.29 is 24.1 Å². The van der Waals surface area contributed by atoms with Crippen LogP contribution in [0.25, 0.3) is 0 Å².